The van der Waals surface area contributed by atoms with Gasteiger partial charge in [0, 0.05) is 36.1 Å². The molecule has 0 radical (unpaired) electrons. The van der Waals surface area contributed by atoms with Gasteiger partial charge in [-0.3, -0.25) is 9.59 Å². The van der Waals surface area contributed by atoms with Crippen LogP contribution in [0.4, 0.5) is 0 Å². The molecule has 3 aromatic carbocycles. The summed E-state index contributed by atoms with van der Waals surface area (Å²) >= 11 is 0. The fourth-order valence-corrected chi connectivity index (χ4v) is 4.41. The third-order valence-corrected chi connectivity index (χ3v) is 5.94. The van der Waals surface area contributed by atoms with Gasteiger partial charge in [-0.15, -0.1) is 0 Å². The maximum absolute atomic E-state index is 13.4. The Labute approximate surface area is 180 Å². The second-order valence-corrected chi connectivity index (χ2v) is 8.04. The van der Waals surface area contributed by atoms with Crippen molar-refractivity contribution in [3.63, 3.8) is 0 Å². The lowest BCUT2D eigenvalue weighted by Gasteiger charge is -2.27. The van der Waals surface area contributed by atoms with Crippen LogP contribution in [-0.4, -0.2) is 47.2 Å². The highest BCUT2D eigenvalue weighted by Gasteiger charge is 2.41. The van der Waals surface area contributed by atoms with E-state index in [1.807, 2.05) is 60.7 Å². The van der Waals surface area contributed by atoms with Crippen LogP contribution in [-0.2, 0) is 4.79 Å². The molecule has 2 heterocycles. The van der Waals surface area contributed by atoms with Gasteiger partial charge in [0.2, 0.25) is 5.91 Å². The van der Waals surface area contributed by atoms with Crippen LogP contribution in [0.15, 0.2) is 78.9 Å². The number of hydrogen-bond acceptors (Lipinski definition) is 2. The maximum atomic E-state index is 13.4. The van der Waals surface area contributed by atoms with Crippen molar-refractivity contribution in [2.24, 2.45) is 0 Å². The summed E-state index contributed by atoms with van der Waals surface area (Å²) in [6, 6.07) is 25.6. The predicted molar refractivity (Wildman–Crippen MR) is 122 cm³/mol. The highest BCUT2D eigenvalue weighted by Crippen LogP contribution is 2.45. The molecule has 4 aromatic rings. The fraction of sp³-hybridized carbons (Fsp3) is 0.154. The van der Waals surface area contributed by atoms with Crippen molar-refractivity contribution < 1.29 is 9.59 Å². The van der Waals surface area contributed by atoms with Gasteiger partial charge in [-0.1, -0.05) is 66.7 Å². The first-order valence-corrected chi connectivity index (χ1v) is 10.3. The second-order valence-electron chi connectivity index (χ2n) is 8.04. The molecule has 1 atom stereocenters. The standard InChI is InChI=1S/C26H23N3O2/c1-28(2)22(30)16-29-25(18-12-6-7-13-19(18)26(29)31)23-20-14-8-9-15-21(20)27-24(23)17-10-4-3-5-11-17/h3-15,25,27H,16H2,1-2H3/t25-/m1/s1. The molecule has 1 aromatic heterocycles. The molecule has 0 aliphatic carbocycles. The third-order valence-electron chi connectivity index (χ3n) is 5.94. The van der Waals surface area contributed by atoms with Crippen LogP contribution in [0.25, 0.3) is 22.2 Å². The fourth-order valence-electron chi connectivity index (χ4n) is 4.41. The quantitative estimate of drug-likeness (QED) is 0.541. The first-order chi connectivity index (χ1) is 15.1. The van der Waals surface area contributed by atoms with Crippen LogP contribution in [0.3, 0.4) is 0 Å². The minimum atomic E-state index is -0.348. The van der Waals surface area contributed by atoms with Gasteiger partial charge in [0.15, 0.2) is 0 Å². The number of benzene rings is 3. The number of para-hydroxylation sites is 1. The number of carbonyl (C=O) groups excluding carboxylic acids is 2. The lowest BCUT2D eigenvalue weighted by Crippen LogP contribution is -2.39. The minimum absolute atomic E-state index is 0.0267. The Hall–Kier alpha value is -3.86. The summed E-state index contributed by atoms with van der Waals surface area (Å²) in [5.41, 5.74) is 5.63. The molecule has 0 unspecified atom stereocenters. The second kappa shape index (κ2) is 7.43. The van der Waals surface area contributed by atoms with E-state index in [0.29, 0.717) is 5.56 Å². The topological polar surface area (TPSA) is 56.4 Å². The van der Waals surface area contributed by atoms with Gasteiger partial charge >= 0.3 is 0 Å². The van der Waals surface area contributed by atoms with Gasteiger partial charge in [0.05, 0.1) is 11.7 Å². The molecule has 0 fully saturated rings. The number of rotatable bonds is 4. The molecular formula is C26H23N3O2. The van der Waals surface area contributed by atoms with E-state index in [-0.39, 0.29) is 24.4 Å². The Morgan fingerprint density at radius 2 is 1.61 bits per heavy atom. The van der Waals surface area contributed by atoms with Crippen LogP contribution < -0.4 is 0 Å². The van der Waals surface area contributed by atoms with E-state index in [2.05, 4.69) is 23.2 Å². The largest absolute Gasteiger partial charge is 0.354 e. The summed E-state index contributed by atoms with van der Waals surface area (Å²) in [5.74, 6) is -0.215. The third kappa shape index (κ3) is 3.10. The number of hydrogen-bond donors (Lipinski definition) is 1. The molecule has 31 heavy (non-hydrogen) atoms. The highest BCUT2D eigenvalue weighted by molar-refractivity contribution is 6.03. The zero-order chi connectivity index (χ0) is 21.5. The molecule has 1 N–H and O–H groups in total. The number of nitrogens with one attached hydrogen (secondary N) is 1. The van der Waals surface area contributed by atoms with Crippen molar-refractivity contribution in [1.29, 1.82) is 0 Å². The van der Waals surface area contributed by atoms with Crippen molar-refractivity contribution in [2.75, 3.05) is 20.6 Å². The van der Waals surface area contributed by atoms with Crippen LogP contribution in [0, 0.1) is 0 Å². The number of H-pyrrole nitrogens is 1. The number of aromatic nitrogens is 1. The number of likely N-dealkylation sites (N-methyl/N-ethyl adjacent to an activating group) is 1. The number of fused-ring (bicyclic) bond motifs is 2. The van der Waals surface area contributed by atoms with Crippen LogP contribution in [0.2, 0.25) is 0 Å². The molecule has 5 rings (SSSR count). The molecular weight excluding hydrogens is 386 g/mol. The SMILES string of the molecule is CN(C)C(=O)CN1C(=O)c2ccccc2[C@@H]1c1c(-c2ccccc2)[nH]c2ccccc12. The smallest absolute Gasteiger partial charge is 0.255 e. The Balaban J connectivity index is 1.77. The van der Waals surface area contributed by atoms with E-state index in [4.69, 9.17) is 0 Å². The first-order valence-electron chi connectivity index (χ1n) is 10.3. The van der Waals surface area contributed by atoms with Crippen molar-refractivity contribution >= 4 is 22.7 Å². The predicted octanol–water partition coefficient (Wildman–Crippen LogP) is 4.47. The average Bonchev–Trinajstić information content (AvgIpc) is 3.30. The van der Waals surface area contributed by atoms with Crippen molar-refractivity contribution in [2.45, 2.75) is 6.04 Å². The molecule has 2 amide bonds. The van der Waals surface area contributed by atoms with Crippen LogP contribution >= 0.6 is 0 Å². The average molecular weight is 409 g/mol. The minimum Gasteiger partial charge on any atom is -0.354 e. The lowest BCUT2D eigenvalue weighted by molar-refractivity contribution is -0.129. The molecule has 1 aliphatic rings. The van der Waals surface area contributed by atoms with Gasteiger partial charge < -0.3 is 14.8 Å². The Kier molecular flexibility index (Phi) is 4.59. The Bertz CT molecular complexity index is 1290. The molecule has 5 nitrogen and oxygen atoms in total. The summed E-state index contributed by atoms with van der Waals surface area (Å²) in [5, 5.41) is 1.05. The van der Waals surface area contributed by atoms with E-state index < -0.39 is 0 Å². The lowest BCUT2D eigenvalue weighted by atomic mass is 9.93. The van der Waals surface area contributed by atoms with Crippen LogP contribution in [0.1, 0.15) is 27.5 Å². The van der Waals surface area contributed by atoms with Gasteiger partial charge in [0.1, 0.15) is 6.54 Å². The number of nitrogens with zero attached hydrogens (tertiary/aromatic N) is 2. The van der Waals surface area contributed by atoms with Crippen molar-refractivity contribution in [3.05, 3.63) is 95.6 Å². The summed E-state index contributed by atoms with van der Waals surface area (Å²) < 4.78 is 0. The van der Waals surface area contributed by atoms with E-state index in [0.717, 1.165) is 33.3 Å². The van der Waals surface area contributed by atoms with Crippen LogP contribution in [0.5, 0.6) is 0 Å². The first kappa shape index (κ1) is 19.1. The molecule has 154 valence electrons. The van der Waals surface area contributed by atoms with E-state index in [9.17, 15) is 9.59 Å². The van der Waals surface area contributed by atoms with Crippen molar-refractivity contribution in [3.8, 4) is 11.3 Å². The summed E-state index contributed by atoms with van der Waals surface area (Å²) in [6.45, 7) is 0.0267. The number of carbonyl (C=O) groups is 2. The normalized spacial score (nSPS) is 15.4. The van der Waals surface area contributed by atoms with E-state index in [1.54, 1.807) is 19.0 Å². The maximum Gasteiger partial charge on any atom is 0.255 e. The monoisotopic (exact) mass is 409 g/mol. The van der Waals surface area contributed by atoms with Gasteiger partial charge in [0.25, 0.3) is 5.91 Å². The zero-order valence-electron chi connectivity index (χ0n) is 17.5. The summed E-state index contributed by atoms with van der Waals surface area (Å²) in [6.07, 6.45) is 0. The molecule has 0 bridgehead atoms. The Morgan fingerprint density at radius 3 is 2.39 bits per heavy atom. The molecule has 0 saturated carbocycles. The Morgan fingerprint density at radius 1 is 0.935 bits per heavy atom. The molecule has 0 saturated heterocycles. The summed E-state index contributed by atoms with van der Waals surface area (Å²) in [7, 11) is 3.43. The van der Waals surface area contributed by atoms with Gasteiger partial charge in [-0.2, -0.15) is 0 Å². The highest BCUT2D eigenvalue weighted by atomic mass is 16.2. The van der Waals surface area contributed by atoms with Crippen molar-refractivity contribution in [1.82, 2.24) is 14.8 Å². The molecule has 1 aliphatic heterocycles. The molecule has 5 heteroatoms. The van der Waals surface area contributed by atoms with E-state index in [1.165, 1.54) is 4.90 Å². The summed E-state index contributed by atoms with van der Waals surface area (Å²) in [4.78, 5) is 32.8. The van der Waals surface area contributed by atoms with Gasteiger partial charge in [-0.25, -0.2) is 0 Å². The van der Waals surface area contributed by atoms with Gasteiger partial charge in [-0.05, 0) is 23.3 Å². The number of amides is 2. The molecule has 0 spiro atoms. The number of aromatic amines is 1. The zero-order valence-corrected chi connectivity index (χ0v) is 17.5. The van der Waals surface area contributed by atoms with E-state index >= 15 is 0 Å².